The van der Waals surface area contributed by atoms with Crippen molar-refractivity contribution in [1.29, 1.82) is 0 Å². The summed E-state index contributed by atoms with van der Waals surface area (Å²) in [6.07, 6.45) is 3.30. The van der Waals surface area contributed by atoms with E-state index in [1.165, 1.54) is 5.01 Å². The fourth-order valence-corrected chi connectivity index (χ4v) is 4.13. The monoisotopic (exact) mass is 398 g/mol. The van der Waals surface area contributed by atoms with Gasteiger partial charge >= 0.3 is 6.18 Å². The van der Waals surface area contributed by atoms with Gasteiger partial charge in [-0.05, 0) is 42.6 Å². The average molecular weight is 399 g/mol. The van der Waals surface area contributed by atoms with Crippen molar-refractivity contribution in [2.75, 3.05) is 7.05 Å². The highest BCUT2D eigenvalue weighted by Crippen LogP contribution is 2.44. The lowest BCUT2D eigenvalue weighted by molar-refractivity contribution is -0.149. The van der Waals surface area contributed by atoms with Crippen LogP contribution < -0.4 is 16.1 Å². The number of rotatable bonds is 2. The molecule has 144 valence electrons. The van der Waals surface area contributed by atoms with E-state index < -0.39 is 12.2 Å². The zero-order valence-corrected chi connectivity index (χ0v) is 15.3. The largest absolute Gasteiger partial charge is 0.410 e. The van der Waals surface area contributed by atoms with Gasteiger partial charge in [0.2, 0.25) is 5.91 Å². The molecule has 1 unspecified atom stereocenters. The molecule has 0 radical (unpaired) electrons. The van der Waals surface area contributed by atoms with Crippen LogP contribution in [0.25, 0.3) is 0 Å². The first kappa shape index (κ1) is 18.2. The average Bonchev–Trinajstić information content (AvgIpc) is 2.99. The zero-order valence-electron chi connectivity index (χ0n) is 14.5. The summed E-state index contributed by atoms with van der Waals surface area (Å²) in [7, 11) is 1.64. The molecule has 0 aromatic rings. The van der Waals surface area contributed by atoms with Gasteiger partial charge in [-0.2, -0.15) is 13.2 Å². The molecular formula is C18H18ClF3N4O. The quantitative estimate of drug-likeness (QED) is 0.669. The summed E-state index contributed by atoms with van der Waals surface area (Å²) >= 11 is 6.19. The summed E-state index contributed by atoms with van der Waals surface area (Å²) in [6, 6.07) is -1.94. The first-order valence-corrected chi connectivity index (χ1v) is 9.03. The molecule has 3 aliphatic heterocycles. The number of allylic oxidation sites excluding steroid dienone is 6. The molecule has 0 saturated heterocycles. The van der Waals surface area contributed by atoms with E-state index in [9.17, 15) is 18.0 Å². The lowest BCUT2D eigenvalue weighted by Gasteiger charge is -2.32. The number of alkyl halides is 3. The third-order valence-corrected chi connectivity index (χ3v) is 5.48. The number of halogens is 4. The molecule has 27 heavy (non-hydrogen) atoms. The number of carbonyl (C=O) groups is 1. The molecule has 9 heteroatoms. The SMILES string of the molecule is CNC1=CC=C(C2=CC3=C(CC2)NC(=O)CC3)C2=C(Cl)C(C(F)(F)F)NN12. The lowest BCUT2D eigenvalue weighted by atomic mass is 9.86. The van der Waals surface area contributed by atoms with Crippen LogP contribution in [0.2, 0.25) is 0 Å². The maximum atomic E-state index is 13.4. The Kier molecular flexibility index (Phi) is 4.35. The van der Waals surface area contributed by atoms with E-state index in [2.05, 4.69) is 16.1 Å². The van der Waals surface area contributed by atoms with E-state index in [-0.39, 0.29) is 10.9 Å². The Balaban J connectivity index is 1.76. The third-order valence-electron chi connectivity index (χ3n) is 5.09. The molecule has 1 amide bonds. The van der Waals surface area contributed by atoms with Crippen LogP contribution in [-0.4, -0.2) is 30.2 Å². The van der Waals surface area contributed by atoms with Crippen molar-refractivity contribution < 1.29 is 18.0 Å². The van der Waals surface area contributed by atoms with Crippen molar-refractivity contribution in [2.45, 2.75) is 37.9 Å². The maximum Gasteiger partial charge on any atom is 0.410 e. The van der Waals surface area contributed by atoms with E-state index in [1.54, 1.807) is 19.2 Å². The van der Waals surface area contributed by atoms with Gasteiger partial charge in [-0.1, -0.05) is 17.7 Å². The molecule has 1 aliphatic carbocycles. The van der Waals surface area contributed by atoms with Crippen molar-refractivity contribution in [3.63, 3.8) is 0 Å². The molecule has 1 atom stereocenters. The second-order valence-electron chi connectivity index (χ2n) is 6.74. The molecule has 3 N–H and O–H groups in total. The fraction of sp³-hybridized carbons (Fsp3) is 0.389. The Morgan fingerprint density at radius 2 is 2.00 bits per heavy atom. The standard InChI is InChI=1S/C18H18ClF3N4O/c1-23-13-6-4-11(16-15(19)17(18(20,21)22)25-26(13)16)9-2-5-12-10(8-9)3-7-14(27)24-12/h4,6,8,17,23,25H,2-3,5,7H2,1H3,(H,24,27). The van der Waals surface area contributed by atoms with E-state index in [4.69, 9.17) is 11.6 Å². The van der Waals surface area contributed by atoms with E-state index in [0.29, 0.717) is 42.8 Å². The number of carbonyl (C=O) groups excluding carboxylic acids is 1. The topological polar surface area (TPSA) is 56.4 Å². The van der Waals surface area contributed by atoms with Crippen molar-refractivity contribution in [3.8, 4) is 0 Å². The summed E-state index contributed by atoms with van der Waals surface area (Å²) in [4.78, 5) is 11.6. The fourth-order valence-electron chi connectivity index (χ4n) is 3.77. The van der Waals surface area contributed by atoms with Crippen LogP contribution >= 0.6 is 11.6 Å². The summed E-state index contributed by atoms with van der Waals surface area (Å²) in [5.74, 6) is 0.494. The number of hydrazine groups is 1. The molecule has 0 fully saturated rings. The second-order valence-corrected chi connectivity index (χ2v) is 7.15. The van der Waals surface area contributed by atoms with Crippen molar-refractivity contribution in [2.24, 2.45) is 0 Å². The minimum atomic E-state index is -4.50. The molecule has 0 bridgehead atoms. The van der Waals surface area contributed by atoms with Gasteiger partial charge in [0.15, 0.2) is 6.04 Å². The Morgan fingerprint density at radius 3 is 2.70 bits per heavy atom. The van der Waals surface area contributed by atoms with Crippen LogP contribution in [0.5, 0.6) is 0 Å². The Labute approximate surface area is 159 Å². The first-order chi connectivity index (χ1) is 12.8. The Hall–Kier alpha value is -2.19. The predicted molar refractivity (Wildman–Crippen MR) is 94.6 cm³/mol. The van der Waals surface area contributed by atoms with E-state index >= 15 is 0 Å². The van der Waals surface area contributed by atoms with Crippen LogP contribution in [0, 0.1) is 0 Å². The zero-order chi connectivity index (χ0) is 19.3. The lowest BCUT2D eigenvalue weighted by Crippen LogP contribution is -2.47. The van der Waals surface area contributed by atoms with Crippen LogP contribution in [-0.2, 0) is 4.79 Å². The van der Waals surface area contributed by atoms with Crippen LogP contribution in [0.15, 0.2) is 57.2 Å². The molecule has 0 aromatic heterocycles. The number of nitrogens with zero attached hydrogens (tertiary/aromatic N) is 1. The molecule has 4 rings (SSSR count). The summed E-state index contributed by atoms with van der Waals surface area (Å²) < 4.78 is 40.1. The number of hydrogen-bond acceptors (Lipinski definition) is 4. The maximum absolute atomic E-state index is 13.4. The highest BCUT2D eigenvalue weighted by Gasteiger charge is 2.50. The Morgan fingerprint density at radius 1 is 1.22 bits per heavy atom. The first-order valence-electron chi connectivity index (χ1n) is 8.65. The van der Waals surface area contributed by atoms with Gasteiger partial charge in [0.1, 0.15) is 5.82 Å². The van der Waals surface area contributed by atoms with Crippen LogP contribution in [0.4, 0.5) is 13.2 Å². The van der Waals surface area contributed by atoms with Gasteiger partial charge in [0.05, 0.1) is 10.7 Å². The number of nitrogens with one attached hydrogen (secondary N) is 3. The van der Waals surface area contributed by atoms with Gasteiger partial charge in [-0.3, -0.25) is 9.80 Å². The Bertz CT molecular complexity index is 866. The molecule has 0 saturated carbocycles. The number of amides is 1. The van der Waals surface area contributed by atoms with E-state index in [1.807, 2.05) is 6.08 Å². The minimum Gasteiger partial charge on any atom is -0.373 e. The van der Waals surface area contributed by atoms with Gasteiger partial charge in [0.25, 0.3) is 0 Å². The normalized spacial score (nSPS) is 25.5. The second kappa shape index (κ2) is 6.45. The van der Waals surface area contributed by atoms with Gasteiger partial charge < -0.3 is 10.6 Å². The number of hydrogen-bond donors (Lipinski definition) is 3. The number of fused-ring (bicyclic) bond motifs is 1. The van der Waals surface area contributed by atoms with Crippen LogP contribution in [0.1, 0.15) is 25.7 Å². The molecule has 0 spiro atoms. The van der Waals surface area contributed by atoms with E-state index in [0.717, 1.165) is 16.8 Å². The summed E-state index contributed by atoms with van der Waals surface area (Å²) in [5.41, 5.74) is 6.29. The summed E-state index contributed by atoms with van der Waals surface area (Å²) in [5, 5.41) is 6.86. The van der Waals surface area contributed by atoms with Crippen LogP contribution in [0.3, 0.4) is 0 Å². The molecule has 4 aliphatic rings. The smallest absolute Gasteiger partial charge is 0.373 e. The molecule has 0 aromatic carbocycles. The third kappa shape index (κ3) is 3.06. The molecule has 3 heterocycles. The minimum absolute atomic E-state index is 0.00835. The highest BCUT2D eigenvalue weighted by atomic mass is 35.5. The predicted octanol–water partition coefficient (Wildman–Crippen LogP) is 3.07. The summed E-state index contributed by atoms with van der Waals surface area (Å²) in [6.45, 7) is 0. The van der Waals surface area contributed by atoms with Crippen molar-refractivity contribution in [3.05, 3.63) is 57.2 Å². The van der Waals surface area contributed by atoms with Crippen molar-refractivity contribution in [1.82, 2.24) is 21.1 Å². The highest BCUT2D eigenvalue weighted by molar-refractivity contribution is 6.31. The van der Waals surface area contributed by atoms with Gasteiger partial charge in [0, 0.05) is 24.7 Å². The van der Waals surface area contributed by atoms with Gasteiger partial charge in [-0.25, -0.2) is 5.43 Å². The van der Waals surface area contributed by atoms with Gasteiger partial charge in [-0.15, -0.1) is 0 Å². The molecular weight excluding hydrogens is 381 g/mol. The van der Waals surface area contributed by atoms with Crippen molar-refractivity contribution >= 4 is 17.5 Å². The molecule has 5 nitrogen and oxygen atoms in total.